The Balaban J connectivity index is 1.39. The third-order valence-electron chi connectivity index (χ3n) is 4.79. The van der Waals surface area contributed by atoms with Gasteiger partial charge in [-0.1, -0.05) is 36.4 Å². The molecule has 0 radical (unpaired) electrons. The number of halogens is 1. The topological polar surface area (TPSA) is 48.1 Å². The van der Waals surface area contributed by atoms with Gasteiger partial charge in [-0.3, -0.25) is 0 Å². The summed E-state index contributed by atoms with van der Waals surface area (Å²) < 4.78 is 12.9. The Bertz CT molecular complexity index is 959. The molecule has 1 aliphatic heterocycles. The van der Waals surface area contributed by atoms with Crippen LogP contribution >= 0.6 is 0 Å². The third kappa shape index (κ3) is 3.33. The molecular weight excluding hydrogens is 329 g/mol. The van der Waals surface area contributed by atoms with Crippen molar-refractivity contribution in [3.05, 3.63) is 77.7 Å². The van der Waals surface area contributed by atoms with Gasteiger partial charge in [-0.05, 0) is 35.8 Å². The van der Waals surface area contributed by atoms with Crippen LogP contribution in [-0.4, -0.2) is 29.0 Å². The van der Waals surface area contributed by atoms with Crippen LogP contribution in [0.4, 0.5) is 9.18 Å². The lowest BCUT2D eigenvalue weighted by Crippen LogP contribution is -2.41. The molecular formula is C21H20FN3O. The first-order chi connectivity index (χ1) is 12.7. The van der Waals surface area contributed by atoms with Gasteiger partial charge in [0.25, 0.3) is 0 Å². The van der Waals surface area contributed by atoms with E-state index in [1.165, 1.54) is 28.7 Å². The van der Waals surface area contributed by atoms with Gasteiger partial charge < -0.3 is 15.2 Å². The van der Waals surface area contributed by atoms with Crippen molar-refractivity contribution in [3.63, 3.8) is 0 Å². The molecule has 0 saturated heterocycles. The summed E-state index contributed by atoms with van der Waals surface area (Å²) in [5, 5.41) is 4.11. The van der Waals surface area contributed by atoms with Crippen LogP contribution in [0.3, 0.4) is 0 Å². The molecule has 1 aliphatic rings. The average molecular weight is 349 g/mol. The molecule has 0 unspecified atom stereocenters. The Hall–Kier alpha value is -3.08. The number of para-hydroxylation sites is 1. The minimum absolute atomic E-state index is 0.0939. The Morgan fingerprint density at radius 2 is 1.96 bits per heavy atom. The number of nitrogens with zero attached hydrogens (tertiary/aromatic N) is 1. The number of urea groups is 1. The SMILES string of the molecule is O=C(NCc1ccc(F)cc1)N1CC=C(c2c[nH]c3ccccc23)CC1. The standard InChI is InChI=1S/C21H20FN3O/c22-17-7-5-15(6-8-17)13-24-21(26)25-11-9-16(10-12-25)19-14-23-20-4-2-1-3-18(19)20/h1-9,14,23H,10-13H2,(H,24,26). The number of carbonyl (C=O) groups is 1. The number of amides is 2. The van der Waals surface area contributed by atoms with Gasteiger partial charge in [-0.2, -0.15) is 0 Å². The zero-order valence-electron chi connectivity index (χ0n) is 14.3. The normalized spacial score (nSPS) is 14.3. The summed E-state index contributed by atoms with van der Waals surface area (Å²) in [5.74, 6) is -0.272. The number of rotatable bonds is 3. The van der Waals surface area contributed by atoms with Crippen molar-refractivity contribution in [2.24, 2.45) is 0 Å². The van der Waals surface area contributed by atoms with E-state index in [9.17, 15) is 9.18 Å². The van der Waals surface area contributed by atoms with Crippen LogP contribution in [0.5, 0.6) is 0 Å². The zero-order valence-corrected chi connectivity index (χ0v) is 14.3. The Morgan fingerprint density at radius 3 is 2.73 bits per heavy atom. The van der Waals surface area contributed by atoms with Crippen LogP contribution < -0.4 is 5.32 Å². The van der Waals surface area contributed by atoms with E-state index in [1.807, 2.05) is 18.3 Å². The molecule has 132 valence electrons. The number of hydrogen-bond acceptors (Lipinski definition) is 1. The van der Waals surface area contributed by atoms with Crippen LogP contribution in [0.25, 0.3) is 16.5 Å². The number of benzene rings is 2. The number of aromatic amines is 1. The van der Waals surface area contributed by atoms with Crippen LogP contribution in [0.15, 0.2) is 60.8 Å². The van der Waals surface area contributed by atoms with Gasteiger partial charge in [0.1, 0.15) is 5.82 Å². The maximum absolute atomic E-state index is 12.9. The quantitative estimate of drug-likeness (QED) is 0.727. The summed E-state index contributed by atoms with van der Waals surface area (Å²) in [5.41, 5.74) is 4.49. The highest BCUT2D eigenvalue weighted by Crippen LogP contribution is 2.29. The molecule has 26 heavy (non-hydrogen) atoms. The van der Waals surface area contributed by atoms with Gasteiger partial charge in [0, 0.05) is 42.3 Å². The van der Waals surface area contributed by atoms with Crippen molar-refractivity contribution < 1.29 is 9.18 Å². The molecule has 0 fully saturated rings. The molecule has 0 bridgehead atoms. The summed E-state index contributed by atoms with van der Waals surface area (Å²) in [6, 6.07) is 14.3. The minimum Gasteiger partial charge on any atom is -0.361 e. The molecule has 3 aromatic rings. The highest BCUT2D eigenvalue weighted by atomic mass is 19.1. The second-order valence-electron chi connectivity index (χ2n) is 6.46. The molecule has 0 saturated carbocycles. The molecule has 4 rings (SSSR count). The van der Waals surface area contributed by atoms with Crippen molar-refractivity contribution >= 4 is 22.5 Å². The molecule has 2 N–H and O–H groups in total. The summed E-state index contributed by atoms with van der Waals surface area (Å²) in [6.45, 7) is 1.67. The molecule has 0 aliphatic carbocycles. The van der Waals surface area contributed by atoms with Crippen LogP contribution in [-0.2, 0) is 6.54 Å². The molecule has 2 heterocycles. The largest absolute Gasteiger partial charge is 0.361 e. The van der Waals surface area contributed by atoms with Crippen molar-refractivity contribution in [2.75, 3.05) is 13.1 Å². The second-order valence-corrected chi connectivity index (χ2v) is 6.46. The van der Waals surface area contributed by atoms with Gasteiger partial charge in [0.15, 0.2) is 0 Å². The van der Waals surface area contributed by atoms with Gasteiger partial charge >= 0.3 is 6.03 Å². The second kappa shape index (κ2) is 7.04. The number of aromatic nitrogens is 1. The smallest absolute Gasteiger partial charge is 0.317 e. The van der Waals surface area contributed by atoms with Gasteiger partial charge in [-0.25, -0.2) is 9.18 Å². The maximum Gasteiger partial charge on any atom is 0.317 e. The first-order valence-corrected chi connectivity index (χ1v) is 8.73. The fraction of sp³-hybridized carbons (Fsp3) is 0.190. The summed E-state index contributed by atoms with van der Waals surface area (Å²) in [4.78, 5) is 17.4. The summed E-state index contributed by atoms with van der Waals surface area (Å²) in [6.07, 6.45) is 4.99. The number of hydrogen-bond donors (Lipinski definition) is 2. The number of carbonyl (C=O) groups excluding carboxylic acids is 1. The van der Waals surface area contributed by atoms with Crippen molar-refractivity contribution in [1.29, 1.82) is 0 Å². The highest BCUT2D eigenvalue weighted by molar-refractivity contribution is 5.93. The Morgan fingerprint density at radius 1 is 1.15 bits per heavy atom. The lowest BCUT2D eigenvalue weighted by Gasteiger charge is -2.26. The van der Waals surface area contributed by atoms with Crippen LogP contribution in [0.1, 0.15) is 17.5 Å². The van der Waals surface area contributed by atoms with Crippen molar-refractivity contribution in [3.8, 4) is 0 Å². The predicted molar refractivity (Wildman–Crippen MR) is 101 cm³/mol. The molecule has 0 atom stereocenters. The lowest BCUT2D eigenvalue weighted by molar-refractivity contribution is 0.202. The van der Waals surface area contributed by atoms with E-state index in [0.717, 1.165) is 17.5 Å². The third-order valence-corrected chi connectivity index (χ3v) is 4.79. The van der Waals surface area contributed by atoms with E-state index in [1.54, 1.807) is 17.0 Å². The van der Waals surface area contributed by atoms with Gasteiger partial charge in [0.2, 0.25) is 0 Å². The van der Waals surface area contributed by atoms with Crippen molar-refractivity contribution in [2.45, 2.75) is 13.0 Å². The summed E-state index contributed by atoms with van der Waals surface area (Å²) in [7, 11) is 0. The highest BCUT2D eigenvalue weighted by Gasteiger charge is 2.19. The van der Waals surface area contributed by atoms with Gasteiger partial charge in [-0.15, -0.1) is 0 Å². The average Bonchev–Trinajstić information content (AvgIpc) is 3.11. The van der Waals surface area contributed by atoms with Crippen LogP contribution in [0, 0.1) is 5.82 Å². The van der Waals surface area contributed by atoms with E-state index >= 15 is 0 Å². The number of nitrogens with one attached hydrogen (secondary N) is 2. The minimum atomic E-state index is -0.272. The number of fused-ring (bicyclic) bond motifs is 1. The maximum atomic E-state index is 12.9. The first kappa shape index (κ1) is 16.4. The Kier molecular flexibility index (Phi) is 4.44. The van der Waals surface area contributed by atoms with E-state index in [4.69, 9.17) is 0 Å². The molecule has 5 heteroatoms. The molecule has 2 aromatic carbocycles. The fourth-order valence-corrected chi connectivity index (χ4v) is 3.33. The zero-order chi connectivity index (χ0) is 17.9. The van der Waals surface area contributed by atoms with E-state index < -0.39 is 0 Å². The molecule has 2 amide bonds. The monoisotopic (exact) mass is 349 g/mol. The molecule has 0 spiro atoms. The predicted octanol–water partition coefficient (Wildman–Crippen LogP) is 4.31. The first-order valence-electron chi connectivity index (χ1n) is 8.73. The summed E-state index contributed by atoms with van der Waals surface area (Å²) >= 11 is 0. The lowest BCUT2D eigenvalue weighted by atomic mass is 9.99. The van der Waals surface area contributed by atoms with Crippen molar-refractivity contribution in [1.82, 2.24) is 15.2 Å². The molecule has 4 nitrogen and oxygen atoms in total. The Labute approximate surface area is 151 Å². The van der Waals surface area contributed by atoms with Gasteiger partial charge in [0.05, 0.1) is 0 Å². The molecule has 1 aromatic heterocycles. The van der Waals surface area contributed by atoms with Crippen LogP contribution in [0.2, 0.25) is 0 Å². The number of H-pyrrole nitrogens is 1. The fourth-order valence-electron chi connectivity index (χ4n) is 3.33. The van der Waals surface area contributed by atoms with E-state index in [2.05, 4.69) is 28.5 Å². The van der Waals surface area contributed by atoms with E-state index in [-0.39, 0.29) is 11.8 Å². The van der Waals surface area contributed by atoms with E-state index in [0.29, 0.717) is 19.6 Å².